The summed E-state index contributed by atoms with van der Waals surface area (Å²) in [5.74, 6) is 6.64. The number of aryl methyl sites for hydroxylation is 1. The van der Waals surface area contributed by atoms with Gasteiger partial charge < -0.3 is 4.74 Å². The molecule has 0 aliphatic rings. The molecule has 0 fully saturated rings. The maximum absolute atomic E-state index is 14.1. The number of allylic oxidation sites excluding steroid dienone is 2. The van der Waals surface area contributed by atoms with Crippen molar-refractivity contribution in [3.63, 3.8) is 0 Å². The lowest BCUT2D eigenvalue weighted by molar-refractivity contribution is 0.415. The first-order valence-corrected chi connectivity index (χ1v) is 7.82. The first kappa shape index (κ1) is 16.8. The molecule has 0 unspecified atom stereocenters. The van der Waals surface area contributed by atoms with E-state index in [9.17, 15) is 4.39 Å². The minimum absolute atomic E-state index is 0.184. The third kappa shape index (κ3) is 5.30. The summed E-state index contributed by atoms with van der Waals surface area (Å²) < 4.78 is 19.2. The average molecular weight is 308 g/mol. The van der Waals surface area contributed by atoms with E-state index in [2.05, 4.69) is 30.9 Å². The Kier molecular flexibility index (Phi) is 6.44. The van der Waals surface area contributed by atoms with Crippen molar-refractivity contribution < 1.29 is 9.13 Å². The van der Waals surface area contributed by atoms with Crippen LogP contribution in [0.1, 0.15) is 36.5 Å². The number of halogens is 1. The fraction of sp³-hybridized carbons (Fsp3) is 0.238. The van der Waals surface area contributed by atoms with Crippen molar-refractivity contribution in [1.82, 2.24) is 0 Å². The van der Waals surface area contributed by atoms with Crippen molar-refractivity contribution in [2.45, 2.75) is 26.2 Å². The van der Waals surface area contributed by atoms with E-state index < -0.39 is 0 Å². The van der Waals surface area contributed by atoms with Crippen LogP contribution in [0, 0.1) is 17.7 Å². The summed E-state index contributed by atoms with van der Waals surface area (Å²) in [6.45, 7) is 2.09. The smallest absolute Gasteiger partial charge is 0.127 e. The predicted molar refractivity (Wildman–Crippen MR) is 93.1 cm³/mol. The molecule has 0 spiro atoms. The van der Waals surface area contributed by atoms with Crippen LogP contribution in [0.5, 0.6) is 5.75 Å². The van der Waals surface area contributed by atoms with Crippen LogP contribution < -0.4 is 4.74 Å². The molecule has 0 radical (unpaired) electrons. The Labute approximate surface area is 137 Å². The Bertz CT molecular complexity index is 718. The standard InChI is InChI=1S/C21H21FO/c1-3-4-5-6-7-19-13-10-18(16-21(19)22)9-8-17-11-14-20(23-2)15-12-17/h4-5,10-16H,3,6-7H2,1-2H3. The molecule has 2 heteroatoms. The lowest BCUT2D eigenvalue weighted by atomic mass is 10.1. The Morgan fingerprint density at radius 2 is 1.70 bits per heavy atom. The molecular formula is C21H21FO. The molecule has 0 amide bonds. The van der Waals surface area contributed by atoms with Crippen LogP contribution in [-0.2, 0) is 6.42 Å². The molecule has 2 aromatic carbocycles. The Morgan fingerprint density at radius 3 is 2.35 bits per heavy atom. The molecule has 0 saturated carbocycles. The fourth-order valence-electron chi connectivity index (χ4n) is 2.17. The molecule has 0 aliphatic heterocycles. The fourth-order valence-corrected chi connectivity index (χ4v) is 2.17. The minimum Gasteiger partial charge on any atom is -0.497 e. The van der Waals surface area contributed by atoms with Crippen molar-refractivity contribution >= 4 is 0 Å². The zero-order valence-corrected chi connectivity index (χ0v) is 13.6. The molecule has 0 N–H and O–H groups in total. The summed E-state index contributed by atoms with van der Waals surface area (Å²) in [7, 11) is 1.63. The Hall–Kier alpha value is -2.53. The van der Waals surface area contributed by atoms with E-state index in [-0.39, 0.29) is 5.82 Å². The molecule has 23 heavy (non-hydrogen) atoms. The predicted octanol–water partition coefficient (Wildman–Crippen LogP) is 5.13. The molecular weight excluding hydrogens is 287 g/mol. The second-order valence-electron chi connectivity index (χ2n) is 5.20. The van der Waals surface area contributed by atoms with Crippen molar-refractivity contribution in [2.75, 3.05) is 7.11 Å². The Balaban J connectivity index is 2.05. The SMILES string of the molecule is CCC=CCCc1ccc(C#Cc2ccc(OC)cc2)cc1F. The minimum atomic E-state index is -0.184. The number of rotatable bonds is 5. The number of benzene rings is 2. The second-order valence-corrected chi connectivity index (χ2v) is 5.20. The summed E-state index contributed by atoms with van der Waals surface area (Å²) in [6.07, 6.45) is 6.79. The van der Waals surface area contributed by atoms with E-state index >= 15 is 0 Å². The van der Waals surface area contributed by atoms with Crippen molar-refractivity contribution in [3.8, 4) is 17.6 Å². The molecule has 0 bridgehead atoms. The molecule has 0 atom stereocenters. The lowest BCUT2D eigenvalue weighted by Gasteiger charge is -2.01. The van der Waals surface area contributed by atoms with Crippen molar-refractivity contribution in [1.29, 1.82) is 0 Å². The first-order chi connectivity index (χ1) is 11.2. The summed E-state index contributed by atoms with van der Waals surface area (Å²) >= 11 is 0. The van der Waals surface area contributed by atoms with Crippen LogP contribution in [0.25, 0.3) is 0 Å². The highest BCUT2D eigenvalue weighted by molar-refractivity contribution is 5.45. The maximum Gasteiger partial charge on any atom is 0.127 e. The van der Waals surface area contributed by atoms with Gasteiger partial charge in [0.25, 0.3) is 0 Å². The molecule has 1 nitrogen and oxygen atoms in total. The number of hydrogen-bond donors (Lipinski definition) is 0. The normalized spacial score (nSPS) is 10.4. The summed E-state index contributed by atoms with van der Waals surface area (Å²) in [6, 6.07) is 12.7. The summed E-state index contributed by atoms with van der Waals surface area (Å²) in [5, 5.41) is 0. The van der Waals surface area contributed by atoms with E-state index in [4.69, 9.17) is 4.74 Å². The summed E-state index contributed by atoms with van der Waals surface area (Å²) in [4.78, 5) is 0. The van der Waals surface area contributed by atoms with Gasteiger partial charge in [0.05, 0.1) is 7.11 Å². The van der Waals surface area contributed by atoms with Gasteiger partial charge in [0.1, 0.15) is 11.6 Å². The third-order valence-electron chi connectivity index (χ3n) is 3.48. The summed E-state index contributed by atoms with van der Waals surface area (Å²) in [5.41, 5.74) is 2.30. The maximum atomic E-state index is 14.1. The number of ether oxygens (including phenoxy) is 1. The van der Waals surface area contributed by atoms with Crippen LogP contribution in [-0.4, -0.2) is 7.11 Å². The highest BCUT2D eigenvalue weighted by atomic mass is 19.1. The molecule has 0 saturated heterocycles. The van der Waals surface area contributed by atoms with Gasteiger partial charge in [0, 0.05) is 11.1 Å². The van der Waals surface area contributed by atoms with E-state index in [0.29, 0.717) is 12.0 Å². The lowest BCUT2D eigenvalue weighted by Crippen LogP contribution is -1.91. The topological polar surface area (TPSA) is 9.23 Å². The average Bonchev–Trinajstić information content (AvgIpc) is 2.59. The van der Waals surface area contributed by atoms with Crippen LogP contribution in [0.2, 0.25) is 0 Å². The van der Waals surface area contributed by atoms with E-state index in [0.717, 1.165) is 29.7 Å². The molecule has 0 heterocycles. The molecule has 2 rings (SSSR count). The van der Waals surface area contributed by atoms with E-state index in [1.165, 1.54) is 6.07 Å². The monoisotopic (exact) mass is 308 g/mol. The third-order valence-corrected chi connectivity index (χ3v) is 3.48. The van der Waals surface area contributed by atoms with Gasteiger partial charge in [-0.2, -0.15) is 0 Å². The van der Waals surface area contributed by atoms with Gasteiger partial charge in [-0.25, -0.2) is 4.39 Å². The van der Waals surface area contributed by atoms with E-state index in [1.54, 1.807) is 7.11 Å². The van der Waals surface area contributed by atoms with Gasteiger partial charge in [0.15, 0.2) is 0 Å². The molecule has 0 aromatic heterocycles. The van der Waals surface area contributed by atoms with Gasteiger partial charge >= 0.3 is 0 Å². The number of hydrogen-bond acceptors (Lipinski definition) is 1. The van der Waals surface area contributed by atoms with Crippen molar-refractivity contribution in [2.24, 2.45) is 0 Å². The quantitative estimate of drug-likeness (QED) is 0.549. The van der Waals surface area contributed by atoms with Gasteiger partial charge in [-0.1, -0.05) is 37.0 Å². The van der Waals surface area contributed by atoms with Gasteiger partial charge in [-0.05, 0) is 61.2 Å². The van der Waals surface area contributed by atoms with Gasteiger partial charge in [0.2, 0.25) is 0 Å². The largest absolute Gasteiger partial charge is 0.497 e. The molecule has 2 aromatic rings. The zero-order chi connectivity index (χ0) is 16.5. The highest BCUT2D eigenvalue weighted by Crippen LogP contribution is 2.13. The first-order valence-electron chi connectivity index (χ1n) is 7.82. The van der Waals surface area contributed by atoms with Crippen LogP contribution in [0.3, 0.4) is 0 Å². The second kappa shape index (κ2) is 8.80. The van der Waals surface area contributed by atoms with E-state index in [1.807, 2.05) is 36.4 Å². The van der Waals surface area contributed by atoms with Crippen LogP contribution in [0.4, 0.5) is 4.39 Å². The van der Waals surface area contributed by atoms with Crippen molar-refractivity contribution in [3.05, 3.63) is 77.1 Å². The number of methoxy groups -OCH3 is 1. The van der Waals surface area contributed by atoms with Crippen LogP contribution >= 0.6 is 0 Å². The van der Waals surface area contributed by atoms with Gasteiger partial charge in [-0.15, -0.1) is 0 Å². The Morgan fingerprint density at radius 1 is 1.00 bits per heavy atom. The van der Waals surface area contributed by atoms with Crippen LogP contribution in [0.15, 0.2) is 54.6 Å². The molecule has 118 valence electrons. The zero-order valence-electron chi connectivity index (χ0n) is 13.6. The van der Waals surface area contributed by atoms with Gasteiger partial charge in [-0.3, -0.25) is 0 Å². The molecule has 0 aliphatic carbocycles. The highest BCUT2D eigenvalue weighted by Gasteiger charge is 2.01.